The number of carbonyl (C=O) groups is 1. The number of allylic oxidation sites excluding steroid dienone is 3. The van der Waals surface area contributed by atoms with Gasteiger partial charge < -0.3 is 5.32 Å². The van der Waals surface area contributed by atoms with Crippen molar-refractivity contribution < 1.29 is 4.79 Å². The van der Waals surface area contributed by atoms with Gasteiger partial charge in [0.2, 0.25) is 5.91 Å². The molecule has 2 nitrogen and oxygen atoms in total. The molecule has 0 unspecified atom stereocenters. The molecule has 0 bridgehead atoms. The van der Waals surface area contributed by atoms with Crippen LogP contribution in [0.2, 0.25) is 0 Å². The highest BCUT2D eigenvalue weighted by Crippen LogP contribution is 2.18. The van der Waals surface area contributed by atoms with E-state index in [1.165, 1.54) is 0 Å². The van der Waals surface area contributed by atoms with Crippen LogP contribution in [0.5, 0.6) is 0 Å². The fourth-order valence-corrected chi connectivity index (χ4v) is 0.975. The maximum atomic E-state index is 11.5. The predicted molar refractivity (Wildman–Crippen MR) is 60.7 cm³/mol. The van der Waals surface area contributed by atoms with E-state index in [1.807, 2.05) is 20.8 Å². The first-order valence-electron chi connectivity index (χ1n) is 4.64. The third-order valence-corrected chi connectivity index (χ3v) is 1.49. The normalized spacial score (nSPS) is 12.1. The van der Waals surface area contributed by atoms with Crippen LogP contribution in [0.15, 0.2) is 37.1 Å². The van der Waals surface area contributed by atoms with Crippen LogP contribution < -0.4 is 5.32 Å². The summed E-state index contributed by atoms with van der Waals surface area (Å²) in [6.07, 6.45) is 5.43. The topological polar surface area (TPSA) is 29.1 Å². The Morgan fingerprint density at radius 2 is 1.93 bits per heavy atom. The molecular weight excluding hydrogens is 174 g/mol. The van der Waals surface area contributed by atoms with Crippen molar-refractivity contribution in [3.05, 3.63) is 37.1 Å². The summed E-state index contributed by atoms with van der Waals surface area (Å²) in [6.45, 7) is 13.2. The quantitative estimate of drug-likeness (QED) is 0.683. The van der Waals surface area contributed by atoms with Gasteiger partial charge in [-0.15, -0.1) is 0 Å². The molecule has 0 heterocycles. The molecule has 0 aromatic heterocycles. The van der Waals surface area contributed by atoms with Gasteiger partial charge in [0.05, 0.1) is 0 Å². The van der Waals surface area contributed by atoms with E-state index >= 15 is 0 Å². The lowest BCUT2D eigenvalue weighted by atomic mass is 9.92. The van der Waals surface area contributed by atoms with Gasteiger partial charge in [-0.1, -0.05) is 40.0 Å². The minimum absolute atomic E-state index is 0.00451. The van der Waals surface area contributed by atoms with Gasteiger partial charge in [0.25, 0.3) is 0 Å². The number of rotatable bonds is 4. The van der Waals surface area contributed by atoms with E-state index in [4.69, 9.17) is 0 Å². The van der Waals surface area contributed by atoms with Crippen LogP contribution in [0.25, 0.3) is 0 Å². The molecule has 78 valence electrons. The highest BCUT2D eigenvalue weighted by atomic mass is 16.1. The third kappa shape index (κ3) is 6.23. The summed E-state index contributed by atoms with van der Waals surface area (Å²) in [5.74, 6) is 0.00509. The molecule has 0 fully saturated rings. The molecule has 0 aliphatic rings. The van der Waals surface area contributed by atoms with Crippen molar-refractivity contribution in [1.29, 1.82) is 0 Å². The Hall–Kier alpha value is -1.31. The largest absolute Gasteiger partial charge is 0.326 e. The zero-order valence-corrected chi connectivity index (χ0v) is 9.26. The molecule has 0 radical (unpaired) electrons. The van der Waals surface area contributed by atoms with E-state index in [2.05, 4.69) is 18.5 Å². The molecule has 0 spiro atoms. The molecule has 0 aromatic rings. The summed E-state index contributed by atoms with van der Waals surface area (Å²) in [7, 11) is 0. The van der Waals surface area contributed by atoms with Gasteiger partial charge in [0, 0.05) is 12.1 Å². The minimum atomic E-state index is 0.00451. The van der Waals surface area contributed by atoms with Crippen molar-refractivity contribution in [2.45, 2.75) is 27.2 Å². The third-order valence-electron chi connectivity index (χ3n) is 1.49. The van der Waals surface area contributed by atoms with Crippen molar-refractivity contribution >= 4 is 5.91 Å². The highest BCUT2D eigenvalue weighted by Gasteiger charge is 2.15. The Bertz CT molecular complexity index is 256. The second kappa shape index (κ2) is 5.43. The first kappa shape index (κ1) is 12.7. The van der Waals surface area contributed by atoms with Crippen LogP contribution in [0.1, 0.15) is 27.2 Å². The number of hydrogen-bond acceptors (Lipinski definition) is 1. The zero-order chi connectivity index (χ0) is 11.2. The van der Waals surface area contributed by atoms with E-state index in [-0.39, 0.29) is 11.3 Å². The average Bonchev–Trinajstić information content (AvgIpc) is 2.00. The Kier molecular flexibility index (Phi) is 4.92. The van der Waals surface area contributed by atoms with Crippen LogP contribution in [0.3, 0.4) is 0 Å². The van der Waals surface area contributed by atoms with Crippen molar-refractivity contribution in [2.24, 2.45) is 5.41 Å². The van der Waals surface area contributed by atoms with Crippen LogP contribution >= 0.6 is 0 Å². The first-order valence-corrected chi connectivity index (χ1v) is 4.64. The summed E-state index contributed by atoms with van der Waals surface area (Å²) in [5, 5.41) is 2.76. The lowest BCUT2D eigenvalue weighted by molar-refractivity contribution is -0.122. The SMILES string of the molecule is C=CC=C(C=C)NC(=O)CC(C)(C)C. The zero-order valence-electron chi connectivity index (χ0n) is 9.26. The van der Waals surface area contributed by atoms with Crippen LogP contribution in [0.4, 0.5) is 0 Å². The monoisotopic (exact) mass is 193 g/mol. The van der Waals surface area contributed by atoms with Gasteiger partial charge in [-0.25, -0.2) is 0 Å². The van der Waals surface area contributed by atoms with Crippen LogP contribution in [0, 0.1) is 5.41 Å². The smallest absolute Gasteiger partial charge is 0.224 e. The van der Waals surface area contributed by atoms with Crippen LogP contribution in [-0.2, 0) is 4.79 Å². The second-order valence-electron chi connectivity index (χ2n) is 4.35. The first-order chi connectivity index (χ1) is 6.39. The number of nitrogens with one attached hydrogen (secondary N) is 1. The molecule has 1 N–H and O–H groups in total. The van der Waals surface area contributed by atoms with Gasteiger partial charge in [-0.3, -0.25) is 4.79 Å². The molecule has 0 atom stereocenters. The van der Waals surface area contributed by atoms with Crippen molar-refractivity contribution in [1.82, 2.24) is 5.32 Å². The predicted octanol–water partition coefficient (Wildman–Crippen LogP) is 2.79. The molecule has 0 aliphatic heterocycles. The number of hydrogen-bond donors (Lipinski definition) is 1. The molecule has 14 heavy (non-hydrogen) atoms. The molecule has 1 amide bonds. The molecule has 0 saturated heterocycles. The van der Waals surface area contributed by atoms with Crippen molar-refractivity contribution in [2.75, 3.05) is 0 Å². The lowest BCUT2D eigenvalue weighted by Crippen LogP contribution is -2.26. The molecule has 2 heteroatoms. The van der Waals surface area contributed by atoms with E-state index in [0.29, 0.717) is 12.1 Å². The summed E-state index contributed by atoms with van der Waals surface area (Å²) < 4.78 is 0. The van der Waals surface area contributed by atoms with Gasteiger partial charge in [0.15, 0.2) is 0 Å². The number of carbonyl (C=O) groups excluding carboxylic acids is 1. The summed E-state index contributed by atoms with van der Waals surface area (Å²) in [6, 6.07) is 0. The fraction of sp³-hybridized carbons (Fsp3) is 0.417. The standard InChI is InChI=1S/C12H19NO/c1-6-8-10(7-2)13-11(14)9-12(3,4)5/h6-8H,1-2,9H2,3-5H3,(H,13,14). The Morgan fingerprint density at radius 1 is 1.36 bits per heavy atom. The van der Waals surface area contributed by atoms with Gasteiger partial charge in [0.1, 0.15) is 0 Å². The molecule has 0 rings (SSSR count). The Balaban J connectivity index is 4.24. The van der Waals surface area contributed by atoms with E-state index in [1.54, 1.807) is 18.2 Å². The molecule has 0 aliphatic carbocycles. The van der Waals surface area contributed by atoms with Gasteiger partial charge >= 0.3 is 0 Å². The summed E-state index contributed by atoms with van der Waals surface area (Å²) >= 11 is 0. The fourth-order valence-electron chi connectivity index (χ4n) is 0.975. The summed E-state index contributed by atoms with van der Waals surface area (Å²) in [5.41, 5.74) is 0.694. The highest BCUT2D eigenvalue weighted by molar-refractivity contribution is 5.78. The van der Waals surface area contributed by atoms with Gasteiger partial charge in [-0.05, 0) is 17.6 Å². The van der Waals surface area contributed by atoms with E-state index in [9.17, 15) is 4.79 Å². The Labute approximate surface area is 86.4 Å². The maximum absolute atomic E-state index is 11.5. The van der Waals surface area contributed by atoms with E-state index in [0.717, 1.165) is 0 Å². The molecular formula is C12H19NO. The van der Waals surface area contributed by atoms with Crippen molar-refractivity contribution in [3.63, 3.8) is 0 Å². The molecule has 0 saturated carbocycles. The van der Waals surface area contributed by atoms with Crippen molar-refractivity contribution in [3.8, 4) is 0 Å². The van der Waals surface area contributed by atoms with E-state index < -0.39 is 0 Å². The maximum Gasteiger partial charge on any atom is 0.224 e. The minimum Gasteiger partial charge on any atom is -0.326 e. The average molecular weight is 193 g/mol. The van der Waals surface area contributed by atoms with Crippen LogP contribution in [-0.4, -0.2) is 5.91 Å². The molecule has 0 aromatic carbocycles. The Morgan fingerprint density at radius 3 is 2.29 bits per heavy atom. The lowest BCUT2D eigenvalue weighted by Gasteiger charge is -2.17. The second-order valence-corrected chi connectivity index (χ2v) is 4.35. The number of amides is 1. The summed E-state index contributed by atoms with van der Waals surface area (Å²) in [4.78, 5) is 11.5. The van der Waals surface area contributed by atoms with Gasteiger partial charge in [-0.2, -0.15) is 0 Å².